The van der Waals surface area contributed by atoms with Crippen LogP contribution in [0.25, 0.3) is 6.08 Å². The number of rotatable bonds is 10. The Morgan fingerprint density at radius 2 is 1.80 bits per heavy atom. The van der Waals surface area contributed by atoms with E-state index in [1.165, 1.54) is 37.0 Å². The number of nitro groups is 1. The molecule has 2 heterocycles. The van der Waals surface area contributed by atoms with Gasteiger partial charge >= 0.3 is 5.97 Å². The fourth-order valence-electron chi connectivity index (χ4n) is 5.06. The Morgan fingerprint density at radius 3 is 2.46 bits per heavy atom. The number of esters is 1. The van der Waals surface area contributed by atoms with Gasteiger partial charge in [-0.15, -0.1) is 0 Å². The van der Waals surface area contributed by atoms with Gasteiger partial charge in [0.05, 0.1) is 52.7 Å². The van der Waals surface area contributed by atoms with E-state index in [2.05, 4.69) is 20.9 Å². The van der Waals surface area contributed by atoms with E-state index in [1.807, 2.05) is 30.3 Å². The zero-order valence-electron chi connectivity index (χ0n) is 25.6. The van der Waals surface area contributed by atoms with Gasteiger partial charge < -0.3 is 18.9 Å². The molecule has 5 rings (SSSR count). The maximum atomic E-state index is 14.2. The maximum Gasteiger partial charge on any atom is 0.338 e. The van der Waals surface area contributed by atoms with Crippen molar-refractivity contribution in [2.45, 2.75) is 39.5 Å². The molecule has 0 unspecified atom stereocenters. The molecule has 0 spiro atoms. The molecule has 13 heteroatoms. The van der Waals surface area contributed by atoms with E-state index in [0.29, 0.717) is 26.3 Å². The number of nitrogens with zero attached hydrogens (tertiary/aromatic N) is 3. The molecule has 0 fully saturated rings. The number of thiazole rings is 1. The number of nitro benzene ring substituents is 1. The van der Waals surface area contributed by atoms with Crippen LogP contribution in [-0.4, -0.2) is 35.8 Å². The number of hydrogen-bond acceptors (Lipinski definition) is 10. The van der Waals surface area contributed by atoms with Crippen molar-refractivity contribution in [1.29, 1.82) is 0 Å². The number of hydrogen-bond donors (Lipinski definition) is 0. The predicted molar refractivity (Wildman–Crippen MR) is 176 cm³/mol. The Labute approximate surface area is 276 Å². The molecule has 1 aliphatic rings. The highest BCUT2D eigenvalue weighted by Gasteiger charge is 2.35. The third-order valence-electron chi connectivity index (χ3n) is 7.10. The summed E-state index contributed by atoms with van der Waals surface area (Å²) in [6.45, 7) is 5.31. The zero-order chi connectivity index (χ0) is 33.1. The summed E-state index contributed by atoms with van der Waals surface area (Å²) in [6, 6.07) is 16.4. The van der Waals surface area contributed by atoms with Crippen LogP contribution < -0.4 is 29.1 Å². The SMILES string of the molecule is COc1cc(/C=c2\sc3n(c2=O)[C@H](c2cc(Br)ccc2OC)C(C(=O)OC(C)C)=C(C)N=3)c([N+](=O)[O-])cc1OCc1ccccc1. The van der Waals surface area contributed by atoms with Crippen LogP contribution in [-0.2, 0) is 16.1 Å². The number of aromatic nitrogens is 1. The Hall–Kier alpha value is -4.75. The van der Waals surface area contributed by atoms with E-state index in [1.54, 1.807) is 39.0 Å². The van der Waals surface area contributed by atoms with Gasteiger partial charge in [-0.25, -0.2) is 9.79 Å². The Bertz CT molecular complexity index is 2040. The summed E-state index contributed by atoms with van der Waals surface area (Å²) in [5.41, 5.74) is 1.30. The number of ether oxygens (including phenoxy) is 4. The van der Waals surface area contributed by atoms with Gasteiger partial charge in [0.1, 0.15) is 18.4 Å². The van der Waals surface area contributed by atoms with Crippen LogP contribution in [0.5, 0.6) is 17.2 Å². The first-order valence-electron chi connectivity index (χ1n) is 14.1. The molecule has 1 atom stereocenters. The lowest BCUT2D eigenvalue weighted by molar-refractivity contribution is -0.385. The van der Waals surface area contributed by atoms with Crippen molar-refractivity contribution < 1.29 is 28.7 Å². The maximum absolute atomic E-state index is 14.2. The van der Waals surface area contributed by atoms with Crippen molar-refractivity contribution in [2.75, 3.05) is 14.2 Å². The van der Waals surface area contributed by atoms with Crippen molar-refractivity contribution in [3.05, 3.63) is 123 Å². The quantitative estimate of drug-likeness (QED) is 0.121. The first kappa shape index (κ1) is 32.6. The number of fused-ring (bicyclic) bond motifs is 1. The number of carbonyl (C=O) groups excluding carboxylic acids is 1. The molecule has 0 radical (unpaired) electrons. The van der Waals surface area contributed by atoms with Crippen LogP contribution in [0.4, 0.5) is 5.69 Å². The van der Waals surface area contributed by atoms with Crippen LogP contribution in [0, 0.1) is 10.1 Å². The Morgan fingerprint density at radius 1 is 1.09 bits per heavy atom. The van der Waals surface area contributed by atoms with E-state index >= 15 is 0 Å². The lowest BCUT2D eigenvalue weighted by Crippen LogP contribution is -2.40. The Kier molecular flexibility index (Phi) is 9.73. The Balaban J connectivity index is 1.68. The van der Waals surface area contributed by atoms with Crippen LogP contribution >= 0.6 is 27.3 Å². The fourth-order valence-corrected chi connectivity index (χ4v) is 6.48. The molecule has 46 heavy (non-hydrogen) atoms. The minimum Gasteiger partial charge on any atom is -0.496 e. The summed E-state index contributed by atoms with van der Waals surface area (Å²) in [7, 11) is 2.93. The van der Waals surface area contributed by atoms with Crippen LogP contribution in [0.2, 0.25) is 0 Å². The van der Waals surface area contributed by atoms with Gasteiger partial charge in [-0.1, -0.05) is 57.6 Å². The van der Waals surface area contributed by atoms with Crippen molar-refractivity contribution in [3.8, 4) is 17.2 Å². The second-order valence-corrected chi connectivity index (χ2v) is 12.4. The number of carbonyl (C=O) groups is 1. The third kappa shape index (κ3) is 6.60. The molecule has 1 aliphatic heterocycles. The molecule has 0 N–H and O–H groups in total. The molecule has 4 aromatic rings. The number of methoxy groups -OCH3 is 2. The topological polar surface area (TPSA) is 131 Å². The van der Waals surface area contributed by atoms with Gasteiger partial charge in [0, 0.05) is 10.0 Å². The van der Waals surface area contributed by atoms with E-state index in [9.17, 15) is 19.7 Å². The van der Waals surface area contributed by atoms with E-state index in [-0.39, 0.29) is 39.5 Å². The summed E-state index contributed by atoms with van der Waals surface area (Å²) in [6.07, 6.45) is 1.00. The summed E-state index contributed by atoms with van der Waals surface area (Å²) >= 11 is 4.53. The van der Waals surface area contributed by atoms with Gasteiger partial charge in [-0.2, -0.15) is 0 Å². The minimum absolute atomic E-state index is 0.130. The van der Waals surface area contributed by atoms with E-state index < -0.39 is 28.6 Å². The average molecular weight is 709 g/mol. The monoisotopic (exact) mass is 707 g/mol. The van der Waals surface area contributed by atoms with Crippen LogP contribution in [0.1, 0.15) is 43.5 Å². The van der Waals surface area contributed by atoms with Crippen molar-refractivity contribution in [1.82, 2.24) is 4.57 Å². The molecular weight excluding hydrogens is 678 g/mol. The molecule has 0 saturated carbocycles. The highest BCUT2D eigenvalue weighted by molar-refractivity contribution is 9.10. The predicted octanol–water partition coefficient (Wildman–Crippen LogP) is 5.45. The third-order valence-corrected chi connectivity index (χ3v) is 8.58. The first-order chi connectivity index (χ1) is 22.0. The molecule has 3 aromatic carbocycles. The summed E-state index contributed by atoms with van der Waals surface area (Å²) < 4.78 is 24.9. The minimum atomic E-state index is -0.949. The standard InChI is InChI=1S/C33H30BrN3O8S/c1-18(2)45-32(39)29-19(3)35-33-36(30(29)23-15-22(34)11-12-25(23)42-4)31(38)28(46-33)14-21-13-26(43-5)27(16-24(21)37(40)41)44-17-20-9-7-6-8-10-20/h6-16,18,30H,17H2,1-5H3/b28-14-/t30-/m1/s1. The van der Waals surface area contributed by atoms with Gasteiger partial charge in [0.15, 0.2) is 16.3 Å². The molecule has 1 aromatic heterocycles. The number of allylic oxidation sites excluding steroid dienone is 1. The smallest absolute Gasteiger partial charge is 0.338 e. The lowest BCUT2D eigenvalue weighted by atomic mass is 9.95. The highest BCUT2D eigenvalue weighted by atomic mass is 79.9. The number of benzene rings is 3. The molecule has 0 amide bonds. The first-order valence-corrected chi connectivity index (χ1v) is 15.7. The summed E-state index contributed by atoms with van der Waals surface area (Å²) in [5, 5.41) is 12.2. The van der Waals surface area contributed by atoms with Gasteiger partial charge in [-0.05, 0) is 56.7 Å². The second-order valence-electron chi connectivity index (χ2n) is 10.5. The molecule has 0 aliphatic carbocycles. The highest BCUT2D eigenvalue weighted by Crippen LogP contribution is 2.38. The van der Waals surface area contributed by atoms with E-state index in [0.717, 1.165) is 16.9 Å². The van der Waals surface area contributed by atoms with Crippen LogP contribution in [0.15, 0.2) is 86.2 Å². The van der Waals surface area contributed by atoms with Gasteiger partial charge in [0.25, 0.3) is 11.2 Å². The fraction of sp³-hybridized carbons (Fsp3) is 0.242. The molecule has 0 saturated heterocycles. The van der Waals surface area contributed by atoms with Crippen molar-refractivity contribution >= 4 is 45.0 Å². The average Bonchev–Trinajstić information content (AvgIpc) is 3.32. The van der Waals surface area contributed by atoms with Crippen molar-refractivity contribution in [3.63, 3.8) is 0 Å². The number of halogens is 1. The van der Waals surface area contributed by atoms with Crippen LogP contribution in [0.3, 0.4) is 0 Å². The molecule has 0 bridgehead atoms. The summed E-state index contributed by atoms with van der Waals surface area (Å²) in [5.74, 6) is 0.261. The molecule has 11 nitrogen and oxygen atoms in total. The summed E-state index contributed by atoms with van der Waals surface area (Å²) in [4.78, 5) is 44.2. The normalized spacial score (nSPS) is 14.5. The lowest BCUT2D eigenvalue weighted by Gasteiger charge is -2.26. The largest absolute Gasteiger partial charge is 0.496 e. The molecular formula is C33H30BrN3O8S. The second kappa shape index (κ2) is 13.7. The van der Waals surface area contributed by atoms with E-state index in [4.69, 9.17) is 18.9 Å². The van der Waals surface area contributed by atoms with Gasteiger partial charge in [0.2, 0.25) is 0 Å². The molecule has 238 valence electrons. The van der Waals surface area contributed by atoms with Crippen molar-refractivity contribution in [2.24, 2.45) is 4.99 Å². The zero-order valence-corrected chi connectivity index (χ0v) is 28.0. The van der Waals surface area contributed by atoms with Gasteiger partial charge in [-0.3, -0.25) is 19.5 Å².